The van der Waals surface area contributed by atoms with Crippen LogP contribution < -0.4 is 10.6 Å². The summed E-state index contributed by atoms with van der Waals surface area (Å²) in [6, 6.07) is 3.91. The Kier molecular flexibility index (Phi) is 2.92. The van der Waals surface area contributed by atoms with E-state index in [2.05, 4.69) is 4.90 Å². The van der Waals surface area contributed by atoms with E-state index >= 15 is 0 Å². The van der Waals surface area contributed by atoms with Gasteiger partial charge in [-0.05, 0) is 43.4 Å². The summed E-state index contributed by atoms with van der Waals surface area (Å²) in [5.41, 5.74) is 5.58. The van der Waals surface area contributed by atoms with E-state index in [1.54, 1.807) is 0 Å². The molecule has 0 spiro atoms. The second-order valence-corrected chi connectivity index (χ2v) is 5.63. The number of nitrogens with one attached hydrogen (secondary N) is 1. The predicted octanol–water partition coefficient (Wildman–Crippen LogP) is 2.98. The number of nitrogen functional groups attached to an aromatic ring is 1. The van der Waals surface area contributed by atoms with E-state index < -0.39 is 11.7 Å². The van der Waals surface area contributed by atoms with Crippen molar-refractivity contribution >= 4 is 11.5 Å². The van der Waals surface area contributed by atoms with Crippen molar-refractivity contribution in [2.45, 2.75) is 31.5 Å². The number of piperidine rings is 1. The molecule has 0 radical (unpaired) electrons. The summed E-state index contributed by atoms with van der Waals surface area (Å²) in [7, 11) is 0. The van der Waals surface area contributed by atoms with Crippen molar-refractivity contribution in [2.75, 3.05) is 11.4 Å². The van der Waals surface area contributed by atoms with Crippen molar-refractivity contribution in [1.82, 2.24) is 0 Å². The first-order valence-electron chi connectivity index (χ1n) is 6.68. The predicted molar refractivity (Wildman–Crippen MR) is 70.9 cm³/mol. The first kappa shape index (κ1) is 13.3. The van der Waals surface area contributed by atoms with Crippen molar-refractivity contribution in [3.63, 3.8) is 0 Å². The second kappa shape index (κ2) is 4.40. The molecule has 1 heterocycles. The van der Waals surface area contributed by atoms with Gasteiger partial charge in [-0.15, -0.1) is 0 Å². The van der Waals surface area contributed by atoms with E-state index in [1.165, 1.54) is 12.5 Å². The lowest BCUT2D eigenvalue weighted by Gasteiger charge is -2.31. The van der Waals surface area contributed by atoms with Gasteiger partial charge in [0.05, 0.1) is 5.56 Å². The van der Waals surface area contributed by atoms with Crippen LogP contribution in [-0.4, -0.2) is 18.4 Å². The quantitative estimate of drug-likeness (QED) is 0.647. The average molecular weight is 283 g/mol. The third-order valence-corrected chi connectivity index (χ3v) is 4.33. The highest BCUT2D eigenvalue weighted by atomic mass is 19.4. The molecule has 3 rings (SSSR count). The van der Waals surface area contributed by atoms with Crippen molar-refractivity contribution in [1.29, 1.82) is 5.41 Å². The van der Waals surface area contributed by atoms with E-state index in [0.29, 0.717) is 17.6 Å². The molecule has 1 saturated carbocycles. The SMILES string of the molecule is N=C(N)c1cc(C(F)(F)F)ccc1N1CC2CCC1C2. The molecule has 2 unspecified atom stereocenters. The second-order valence-electron chi connectivity index (χ2n) is 5.63. The van der Waals surface area contributed by atoms with Crippen molar-refractivity contribution in [3.05, 3.63) is 29.3 Å². The van der Waals surface area contributed by atoms with Crippen LogP contribution in [0.2, 0.25) is 0 Å². The van der Waals surface area contributed by atoms with Gasteiger partial charge in [0.2, 0.25) is 0 Å². The minimum absolute atomic E-state index is 0.187. The maximum atomic E-state index is 12.8. The monoisotopic (exact) mass is 283 g/mol. The molecule has 0 amide bonds. The number of fused-ring (bicyclic) bond motifs is 2. The highest BCUT2D eigenvalue weighted by molar-refractivity contribution is 6.00. The summed E-state index contributed by atoms with van der Waals surface area (Å²) < 4.78 is 38.3. The number of nitrogens with two attached hydrogens (primary N) is 1. The molecule has 3 nitrogen and oxygen atoms in total. The summed E-state index contributed by atoms with van der Waals surface area (Å²) in [4.78, 5) is 2.12. The molecule has 6 heteroatoms. The lowest BCUT2D eigenvalue weighted by molar-refractivity contribution is -0.137. The molecule has 108 valence electrons. The van der Waals surface area contributed by atoms with Crippen LogP contribution in [0, 0.1) is 11.3 Å². The van der Waals surface area contributed by atoms with Crippen LogP contribution in [0.15, 0.2) is 18.2 Å². The van der Waals surface area contributed by atoms with Gasteiger partial charge in [-0.2, -0.15) is 13.2 Å². The fraction of sp³-hybridized carbons (Fsp3) is 0.500. The molecule has 2 bridgehead atoms. The lowest BCUT2D eigenvalue weighted by Crippen LogP contribution is -2.34. The molecule has 20 heavy (non-hydrogen) atoms. The van der Waals surface area contributed by atoms with Gasteiger partial charge in [-0.3, -0.25) is 5.41 Å². The van der Waals surface area contributed by atoms with Crippen LogP contribution in [0.1, 0.15) is 30.4 Å². The van der Waals surface area contributed by atoms with Crippen LogP contribution in [0.25, 0.3) is 0 Å². The Morgan fingerprint density at radius 1 is 1.30 bits per heavy atom. The number of nitrogens with zero attached hydrogens (tertiary/aromatic N) is 1. The first-order valence-corrected chi connectivity index (χ1v) is 6.68. The molecule has 1 aromatic rings. The Morgan fingerprint density at radius 3 is 2.55 bits per heavy atom. The fourth-order valence-electron chi connectivity index (χ4n) is 3.40. The van der Waals surface area contributed by atoms with Gasteiger partial charge in [-0.25, -0.2) is 0 Å². The Balaban J connectivity index is 2.01. The Hall–Kier alpha value is -1.72. The number of amidine groups is 1. The number of hydrogen-bond acceptors (Lipinski definition) is 2. The van der Waals surface area contributed by atoms with Crippen LogP contribution in [0.5, 0.6) is 0 Å². The molecule has 2 atom stereocenters. The number of hydrogen-bond donors (Lipinski definition) is 2. The van der Waals surface area contributed by atoms with E-state index in [0.717, 1.165) is 31.5 Å². The number of halogens is 3. The lowest BCUT2D eigenvalue weighted by atomic mass is 10.0. The number of rotatable bonds is 2. The van der Waals surface area contributed by atoms with Gasteiger partial charge in [-0.1, -0.05) is 0 Å². The van der Waals surface area contributed by atoms with Crippen molar-refractivity contribution in [3.8, 4) is 0 Å². The zero-order chi connectivity index (χ0) is 14.5. The zero-order valence-corrected chi connectivity index (χ0v) is 10.9. The molecule has 1 aromatic carbocycles. The smallest absolute Gasteiger partial charge is 0.384 e. The topological polar surface area (TPSA) is 53.1 Å². The summed E-state index contributed by atoms with van der Waals surface area (Å²) in [6.45, 7) is 0.857. The van der Waals surface area contributed by atoms with Gasteiger partial charge >= 0.3 is 6.18 Å². The van der Waals surface area contributed by atoms with E-state index in [4.69, 9.17) is 11.1 Å². The highest BCUT2D eigenvalue weighted by Gasteiger charge is 2.39. The van der Waals surface area contributed by atoms with Gasteiger partial charge in [0, 0.05) is 23.8 Å². The molecule has 1 aliphatic heterocycles. The standard InChI is InChI=1S/C14H16F3N3/c15-14(16,17)9-2-4-12(11(6-9)13(18)19)20-7-8-1-3-10(20)5-8/h2,4,6,8,10H,1,3,5,7H2,(H3,18,19). The van der Waals surface area contributed by atoms with Crippen LogP contribution in [0.4, 0.5) is 18.9 Å². The van der Waals surface area contributed by atoms with Crippen molar-refractivity contribution < 1.29 is 13.2 Å². The van der Waals surface area contributed by atoms with Crippen LogP contribution in [-0.2, 0) is 6.18 Å². The number of alkyl halides is 3. The zero-order valence-electron chi connectivity index (χ0n) is 10.9. The maximum Gasteiger partial charge on any atom is 0.416 e. The molecule has 1 saturated heterocycles. The largest absolute Gasteiger partial charge is 0.416 e. The molecular weight excluding hydrogens is 267 g/mol. The third kappa shape index (κ3) is 2.13. The Labute approximate surface area is 115 Å². The molecule has 2 fully saturated rings. The minimum atomic E-state index is -4.41. The first-order chi connectivity index (χ1) is 9.36. The molecule has 1 aliphatic carbocycles. The van der Waals surface area contributed by atoms with E-state index in [1.807, 2.05) is 0 Å². The van der Waals surface area contributed by atoms with Gasteiger partial charge in [0.15, 0.2) is 0 Å². The maximum absolute atomic E-state index is 12.8. The van der Waals surface area contributed by atoms with Crippen molar-refractivity contribution in [2.24, 2.45) is 11.7 Å². The van der Waals surface area contributed by atoms with E-state index in [-0.39, 0.29) is 11.4 Å². The molecule has 2 aliphatic rings. The fourth-order valence-corrected chi connectivity index (χ4v) is 3.40. The molecular formula is C14H16F3N3. The Morgan fingerprint density at radius 2 is 2.05 bits per heavy atom. The van der Waals surface area contributed by atoms with Gasteiger partial charge in [0.1, 0.15) is 5.84 Å². The summed E-state index contributed by atoms with van der Waals surface area (Å²) in [5.74, 6) is 0.316. The molecule has 0 aromatic heterocycles. The number of benzene rings is 1. The van der Waals surface area contributed by atoms with Crippen LogP contribution in [0.3, 0.4) is 0 Å². The molecule has 3 N–H and O–H groups in total. The average Bonchev–Trinajstić information content (AvgIpc) is 2.99. The minimum Gasteiger partial charge on any atom is -0.384 e. The van der Waals surface area contributed by atoms with E-state index in [9.17, 15) is 13.2 Å². The summed E-state index contributed by atoms with van der Waals surface area (Å²) in [6.07, 6.45) is -1.05. The summed E-state index contributed by atoms with van der Waals surface area (Å²) in [5, 5.41) is 7.56. The normalized spacial score (nSPS) is 25.2. The third-order valence-electron chi connectivity index (χ3n) is 4.33. The Bertz CT molecular complexity index is 553. The summed E-state index contributed by atoms with van der Waals surface area (Å²) >= 11 is 0. The van der Waals surface area contributed by atoms with Gasteiger partial charge in [0.25, 0.3) is 0 Å². The highest BCUT2D eigenvalue weighted by Crippen LogP contribution is 2.42. The number of anilines is 1. The van der Waals surface area contributed by atoms with Gasteiger partial charge < -0.3 is 10.6 Å². The van der Waals surface area contributed by atoms with Crippen LogP contribution >= 0.6 is 0 Å².